The van der Waals surface area contributed by atoms with Crippen LogP contribution in [-0.2, 0) is 26.2 Å². The van der Waals surface area contributed by atoms with E-state index in [1.807, 2.05) is 78.9 Å². The van der Waals surface area contributed by atoms with Crippen molar-refractivity contribution in [1.82, 2.24) is 0 Å². The molecule has 0 fully saturated rings. The molecule has 0 aliphatic heterocycles. The van der Waals surface area contributed by atoms with Crippen molar-refractivity contribution < 1.29 is 31.3 Å². The van der Waals surface area contributed by atoms with Crippen molar-refractivity contribution in [2.24, 2.45) is 0 Å². The third-order valence-electron chi connectivity index (χ3n) is 3.03. The van der Waals surface area contributed by atoms with Gasteiger partial charge in [0.15, 0.2) is 0 Å². The van der Waals surface area contributed by atoms with Gasteiger partial charge in [-0.1, -0.05) is 30.3 Å². The second kappa shape index (κ2) is 19.3. The SMILES string of the molecule is Oc1ccccc1.[C-]1=CC=CC1.[CH2-]c1ccccc1.[CH2-]c1ccccc1.[CH3-].[Zr+4]. The average molecular weight is 448 g/mol. The molecule has 1 aliphatic carbocycles. The predicted molar refractivity (Wildman–Crippen MR) is 118 cm³/mol. The smallest absolute Gasteiger partial charge is 0.508 e. The molecule has 0 unspecified atom stereocenters. The second-order valence-electron chi connectivity index (χ2n) is 5.31. The Balaban J connectivity index is 0. The Morgan fingerprint density at radius 3 is 1.21 bits per heavy atom. The number of phenols is 1. The van der Waals surface area contributed by atoms with Crippen LogP contribution in [0.1, 0.15) is 17.5 Å². The summed E-state index contributed by atoms with van der Waals surface area (Å²) in [4.78, 5) is 0. The largest absolute Gasteiger partial charge is 4.00 e. The van der Waals surface area contributed by atoms with E-state index in [1.165, 1.54) is 0 Å². The fourth-order valence-corrected chi connectivity index (χ4v) is 1.72. The van der Waals surface area contributed by atoms with E-state index in [1.54, 1.807) is 24.3 Å². The summed E-state index contributed by atoms with van der Waals surface area (Å²) in [7, 11) is 0. The van der Waals surface area contributed by atoms with Gasteiger partial charge in [-0.15, -0.1) is 30.7 Å². The normalized spacial score (nSPS) is 9.57. The van der Waals surface area contributed by atoms with Crippen LogP contribution >= 0.6 is 0 Å². The minimum Gasteiger partial charge on any atom is -0.508 e. The van der Waals surface area contributed by atoms with Gasteiger partial charge in [-0.05, 0) is 12.1 Å². The third kappa shape index (κ3) is 17.0. The van der Waals surface area contributed by atoms with Crippen LogP contribution in [0.5, 0.6) is 5.75 Å². The Morgan fingerprint density at radius 1 is 0.679 bits per heavy atom. The molecule has 0 spiro atoms. The van der Waals surface area contributed by atoms with Crippen molar-refractivity contribution in [1.29, 1.82) is 0 Å². The van der Waals surface area contributed by atoms with Gasteiger partial charge in [0.2, 0.25) is 0 Å². The first-order valence-corrected chi connectivity index (χ1v) is 8.38. The van der Waals surface area contributed by atoms with Gasteiger partial charge in [-0.25, -0.2) is 12.2 Å². The molecule has 3 aromatic rings. The van der Waals surface area contributed by atoms with Gasteiger partial charge in [0.25, 0.3) is 0 Å². The molecule has 0 amide bonds. The topological polar surface area (TPSA) is 20.2 Å². The molecular formula is C26H28OZr. The van der Waals surface area contributed by atoms with Crippen LogP contribution in [-0.4, -0.2) is 5.11 Å². The Kier molecular flexibility index (Phi) is 19.2. The number of allylic oxidation sites excluding steroid dienone is 4. The van der Waals surface area contributed by atoms with Crippen molar-refractivity contribution in [2.75, 3.05) is 0 Å². The van der Waals surface area contributed by atoms with E-state index in [0.29, 0.717) is 5.75 Å². The van der Waals surface area contributed by atoms with Crippen LogP contribution in [0.3, 0.4) is 0 Å². The van der Waals surface area contributed by atoms with Gasteiger partial charge in [0.05, 0.1) is 0 Å². The summed E-state index contributed by atoms with van der Waals surface area (Å²) < 4.78 is 0. The molecule has 2 heteroatoms. The van der Waals surface area contributed by atoms with Crippen molar-refractivity contribution in [2.45, 2.75) is 6.42 Å². The number of rotatable bonds is 0. The first-order valence-electron chi connectivity index (χ1n) is 8.38. The van der Waals surface area contributed by atoms with Crippen LogP contribution in [0, 0.1) is 27.4 Å². The summed E-state index contributed by atoms with van der Waals surface area (Å²) >= 11 is 0. The summed E-state index contributed by atoms with van der Waals surface area (Å²) in [5.41, 5.74) is 2.14. The van der Waals surface area contributed by atoms with E-state index >= 15 is 0 Å². The number of hydrogen-bond acceptors (Lipinski definition) is 1. The van der Waals surface area contributed by atoms with Gasteiger partial charge in [0, 0.05) is 0 Å². The molecule has 0 heterocycles. The molecule has 0 aromatic heterocycles. The molecule has 0 bridgehead atoms. The number of phenolic OH excluding ortho intramolecular Hbond substituents is 1. The minimum absolute atomic E-state index is 0. The monoisotopic (exact) mass is 446 g/mol. The van der Waals surface area contributed by atoms with Gasteiger partial charge in [0.1, 0.15) is 5.75 Å². The van der Waals surface area contributed by atoms with Gasteiger partial charge >= 0.3 is 26.2 Å². The molecule has 1 nitrogen and oxygen atoms in total. The van der Waals surface area contributed by atoms with Crippen LogP contribution in [0.2, 0.25) is 0 Å². The maximum Gasteiger partial charge on any atom is 4.00 e. The Hall–Kier alpha value is -2.44. The Bertz CT molecular complexity index is 636. The van der Waals surface area contributed by atoms with Crippen LogP contribution in [0.4, 0.5) is 0 Å². The van der Waals surface area contributed by atoms with E-state index in [-0.39, 0.29) is 33.6 Å². The van der Waals surface area contributed by atoms with Gasteiger partial charge < -0.3 is 12.5 Å². The molecule has 0 saturated carbocycles. The predicted octanol–water partition coefficient (Wildman–Crippen LogP) is 6.88. The molecule has 28 heavy (non-hydrogen) atoms. The summed E-state index contributed by atoms with van der Waals surface area (Å²) in [6, 6.07) is 28.5. The van der Waals surface area contributed by atoms with Crippen LogP contribution in [0.25, 0.3) is 0 Å². The van der Waals surface area contributed by atoms with E-state index in [4.69, 9.17) is 5.11 Å². The molecule has 0 atom stereocenters. The standard InChI is InChI=1S/2C7H7.C6H6O.C5H5.CH3.Zr/c2*1-7-5-3-2-4-6-7;7-6-4-2-1-3-5-6;1-2-4-5-3-1;;/h2*2-6H,1H2;1-5,7H;1-3H,4H2;1H3;/q2*-1;;2*-1;+4. The number of hydrogen-bond donors (Lipinski definition) is 1. The van der Waals surface area contributed by atoms with E-state index in [0.717, 1.165) is 17.5 Å². The summed E-state index contributed by atoms with van der Waals surface area (Å²) in [5, 5.41) is 8.63. The molecular weight excluding hydrogens is 420 g/mol. The van der Waals surface area contributed by atoms with Crippen molar-refractivity contribution in [3.05, 3.63) is 148 Å². The maximum absolute atomic E-state index is 8.63. The first-order chi connectivity index (χ1) is 12.7. The first kappa shape index (κ1) is 27.8. The molecule has 0 saturated heterocycles. The van der Waals surface area contributed by atoms with E-state index in [2.05, 4.69) is 26.0 Å². The third-order valence-corrected chi connectivity index (χ3v) is 3.03. The number of benzene rings is 3. The zero-order valence-corrected chi connectivity index (χ0v) is 18.9. The fraction of sp³-hybridized carbons (Fsp3) is 0.0385. The minimum atomic E-state index is 0. The van der Waals surface area contributed by atoms with Crippen LogP contribution < -0.4 is 0 Å². The Morgan fingerprint density at radius 2 is 1.07 bits per heavy atom. The zero-order chi connectivity index (χ0) is 18.9. The van der Waals surface area contributed by atoms with Gasteiger partial charge in [-0.2, -0.15) is 55.3 Å². The van der Waals surface area contributed by atoms with E-state index in [9.17, 15) is 0 Å². The Labute approximate surface area is 190 Å². The van der Waals surface area contributed by atoms with E-state index < -0.39 is 0 Å². The molecule has 142 valence electrons. The van der Waals surface area contributed by atoms with Crippen molar-refractivity contribution in [3.8, 4) is 5.75 Å². The summed E-state index contributed by atoms with van der Waals surface area (Å²) in [6.45, 7) is 7.44. The number of para-hydroxylation sites is 1. The molecule has 4 rings (SSSR count). The summed E-state index contributed by atoms with van der Waals surface area (Å²) in [6.07, 6.45) is 10.0. The maximum atomic E-state index is 8.63. The second-order valence-corrected chi connectivity index (χ2v) is 5.31. The summed E-state index contributed by atoms with van der Waals surface area (Å²) in [5.74, 6) is 0.322. The van der Waals surface area contributed by atoms with Crippen LogP contribution in [0.15, 0.2) is 109 Å². The molecule has 1 N–H and O–H groups in total. The number of aromatic hydroxyl groups is 1. The van der Waals surface area contributed by atoms with Gasteiger partial charge in [-0.3, -0.25) is 6.08 Å². The quantitative estimate of drug-likeness (QED) is 0.372. The zero-order valence-electron chi connectivity index (χ0n) is 16.5. The molecule has 1 aliphatic rings. The average Bonchev–Trinajstić information content (AvgIpc) is 3.25. The molecule has 3 aromatic carbocycles. The van der Waals surface area contributed by atoms with Crippen molar-refractivity contribution in [3.63, 3.8) is 0 Å². The fourth-order valence-electron chi connectivity index (χ4n) is 1.72. The molecule has 0 radical (unpaired) electrons. The van der Waals surface area contributed by atoms with Crippen molar-refractivity contribution >= 4 is 0 Å².